The predicted octanol–water partition coefficient (Wildman–Crippen LogP) is 16.9. The molecule has 0 aromatic heterocycles. The largest absolute Gasteiger partial charge is 0.462 e. The Bertz CT molecular complexity index is 900. The summed E-state index contributed by atoms with van der Waals surface area (Å²) in [6, 6.07) is 0. The topological polar surface area (TPSA) is 78.9 Å². The first-order valence-corrected chi connectivity index (χ1v) is 26.2. The number of carbonyl (C=O) groups is 3. The highest BCUT2D eigenvalue weighted by atomic mass is 16.6. The summed E-state index contributed by atoms with van der Waals surface area (Å²) in [5.41, 5.74) is 0. The van der Waals surface area contributed by atoms with Gasteiger partial charge >= 0.3 is 17.9 Å². The maximum Gasteiger partial charge on any atom is 0.306 e. The van der Waals surface area contributed by atoms with Gasteiger partial charge in [-0.25, -0.2) is 0 Å². The van der Waals surface area contributed by atoms with Crippen molar-refractivity contribution in [2.45, 2.75) is 298 Å². The molecule has 0 radical (unpaired) electrons. The van der Waals surface area contributed by atoms with Crippen LogP contribution in [0.15, 0.2) is 0 Å². The van der Waals surface area contributed by atoms with Crippen molar-refractivity contribution in [2.75, 3.05) is 13.2 Å². The Morgan fingerprint density at radius 1 is 0.322 bits per heavy atom. The lowest BCUT2D eigenvalue weighted by Gasteiger charge is -2.18. The lowest BCUT2D eigenvalue weighted by molar-refractivity contribution is -0.167. The molecule has 0 N–H and O–H groups in total. The first-order chi connectivity index (χ1) is 28.7. The van der Waals surface area contributed by atoms with Crippen molar-refractivity contribution in [3.8, 4) is 0 Å². The molecule has 0 saturated carbocycles. The highest BCUT2D eigenvalue weighted by Gasteiger charge is 2.19. The molecule has 0 rings (SSSR count). The smallest absolute Gasteiger partial charge is 0.306 e. The van der Waals surface area contributed by atoms with Crippen molar-refractivity contribution in [1.29, 1.82) is 0 Å². The minimum atomic E-state index is -0.762. The summed E-state index contributed by atoms with van der Waals surface area (Å²) in [4.78, 5) is 38.0. The first-order valence-electron chi connectivity index (χ1n) is 26.2. The van der Waals surface area contributed by atoms with Crippen molar-refractivity contribution in [3.63, 3.8) is 0 Å². The molecule has 0 aliphatic carbocycles. The van der Waals surface area contributed by atoms with Crippen molar-refractivity contribution < 1.29 is 28.6 Å². The molecular weight excluding hydrogens is 733 g/mol. The third kappa shape index (κ3) is 47.3. The van der Waals surface area contributed by atoms with Gasteiger partial charge in [0.25, 0.3) is 0 Å². The maximum absolute atomic E-state index is 12.8. The van der Waals surface area contributed by atoms with Gasteiger partial charge in [-0.2, -0.15) is 0 Å². The third-order valence-corrected chi connectivity index (χ3v) is 12.0. The SMILES string of the molecule is CCCCCCCCCCCCCCCCC(=O)OC[C@H](COC(=O)CCCCCCCCCCCC(C)C)OC(=O)CCCCCCCCCCCCCCC(C)C. The Labute approximate surface area is 368 Å². The summed E-state index contributed by atoms with van der Waals surface area (Å²) in [7, 11) is 0. The number of esters is 3. The molecule has 0 fully saturated rings. The van der Waals surface area contributed by atoms with E-state index in [-0.39, 0.29) is 31.1 Å². The Morgan fingerprint density at radius 2 is 0.559 bits per heavy atom. The monoisotopic (exact) mass is 835 g/mol. The molecule has 0 amide bonds. The summed E-state index contributed by atoms with van der Waals surface area (Å²) in [6.07, 6.45) is 46.6. The van der Waals surface area contributed by atoms with Crippen LogP contribution < -0.4 is 0 Å². The fraction of sp³-hybridized carbons (Fsp3) is 0.943. The van der Waals surface area contributed by atoms with Gasteiger partial charge in [0.1, 0.15) is 13.2 Å². The van der Waals surface area contributed by atoms with Crippen LogP contribution in [0, 0.1) is 11.8 Å². The van der Waals surface area contributed by atoms with E-state index >= 15 is 0 Å². The van der Waals surface area contributed by atoms with Crippen molar-refractivity contribution in [1.82, 2.24) is 0 Å². The van der Waals surface area contributed by atoms with E-state index in [0.29, 0.717) is 19.3 Å². The molecule has 0 aliphatic heterocycles. The standard InChI is InChI=1S/C53H102O6/c1-6-7-8-9-10-11-12-13-14-18-23-28-33-38-43-51(54)57-46-50(47-58-52(55)44-39-34-29-25-20-22-27-32-37-42-49(4)5)59-53(56)45-40-35-30-24-19-16-15-17-21-26-31-36-41-48(2)3/h48-50H,6-47H2,1-5H3/t50-/m1/s1. The Balaban J connectivity index is 4.32. The van der Waals surface area contributed by atoms with Crippen LogP contribution in [-0.2, 0) is 28.6 Å². The molecular formula is C53H102O6. The van der Waals surface area contributed by atoms with E-state index < -0.39 is 6.10 Å². The van der Waals surface area contributed by atoms with Gasteiger partial charge < -0.3 is 14.2 Å². The average molecular weight is 835 g/mol. The second-order valence-corrected chi connectivity index (χ2v) is 19.1. The minimum Gasteiger partial charge on any atom is -0.462 e. The molecule has 6 heteroatoms. The van der Waals surface area contributed by atoms with Gasteiger partial charge in [0.2, 0.25) is 0 Å². The maximum atomic E-state index is 12.8. The third-order valence-electron chi connectivity index (χ3n) is 12.0. The zero-order chi connectivity index (χ0) is 43.3. The van der Waals surface area contributed by atoms with E-state index in [9.17, 15) is 14.4 Å². The van der Waals surface area contributed by atoms with E-state index in [4.69, 9.17) is 14.2 Å². The predicted molar refractivity (Wildman–Crippen MR) is 252 cm³/mol. The van der Waals surface area contributed by atoms with Gasteiger partial charge in [-0.05, 0) is 31.1 Å². The van der Waals surface area contributed by atoms with Gasteiger partial charge in [0, 0.05) is 19.3 Å². The Kier molecular flexibility index (Phi) is 44.7. The molecule has 59 heavy (non-hydrogen) atoms. The average Bonchev–Trinajstić information content (AvgIpc) is 3.20. The molecule has 1 atom stereocenters. The van der Waals surface area contributed by atoms with E-state index in [1.54, 1.807) is 0 Å². The molecule has 0 bridgehead atoms. The molecule has 0 saturated heterocycles. The Hall–Kier alpha value is -1.59. The van der Waals surface area contributed by atoms with E-state index in [1.807, 2.05) is 0 Å². The van der Waals surface area contributed by atoms with Gasteiger partial charge in [-0.1, -0.05) is 253 Å². The minimum absolute atomic E-state index is 0.0636. The van der Waals surface area contributed by atoms with Crippen LogP contribution in [0.25, 0.3) is 0 Å². The summed E-state index contributed by atoms with van der Waals surface area (Å²) in [5.74, 6) is 0.793. The van der Waals surface area contributed by atoms with Gasteiger partial charge in [-0.3, -0.25) is 14.4 Å². The van der Waals surface area contributed by atoms with E-state index in [1.165, 1.54) is 180 Å². The second kappa shape index (κ2) is 45.9. The fourth-order valence-corrected chi connectivity index (χ4v) is 7.99. The molecule has 0 aliphatic rings. The molecule has 6 nitrogen and oxygen atoms in total. The highest BCUT2D eigenvalue weighted by molar-refractivity contribution is 5.71. The zero-order valence-corrected chi connectivity index (χ0v) is 40.4. The normalized spacial score (nSPS) is 12.1. The summed E-state index contributed by atoms with van der Waals surface area (Å²) in [5, 5.41) is 0. The number of rotatable bonds is 47. The van der Waals surface area contributed by atoms with Crippen LogP contribution >= 0.6 is 0 Å². The fourth-order valence-electron chi connectivity index (χ4n) is 7.99. The molecule has 0 heterocycles. The van der Waals surface area contributed by atoms with Gasteiger partial charge in [0.15, 0.2) is 6.10 Å². The zero-order valence-electron chi connectivity index (χ0n) is 40.4. The molecule has 0 unspecified atom stereocenters. The summed E-state index contributed by atoms with van der Waals surface area (Å²) in [6.45, 7) is 11.4. The number of hydrogen-bond donors (Lipinski definition) is 0. The van der Waals surface area contributed by atoms with Crippen molar-refractivity contribution >= 4 is 17.9 Å². The number of unbranched alkanes of at least 4 members (excludes halogenated alkanes) is 32. The van der Waals surface area contributed by atoms with Crippen LogP contribution in [0.2, 0.25) is 0 Å². The highest BCUT2D eigenvalue weighted by Crippen LogP contribution is 2.17. The number of hydrogen-bond acceptors (Lipinski definition) is 6. The quantitative estimate of drug-likeness (QED) is 0.0345. The van der Waals surface area contributed by atoms with Crippen LogP contribution in [0.5, 0.6) is 0 Å². The number of carbonyl (C=O) groups excluding carboxylic acids is 3. The second-order valence-electron chi connectivity index (χ2n) is 19.1. The molecule has 350 valence electrons. The van der Waals surface area contributed by atoms with Crippen molar-refractivity contribution in [3.05, 3.63) is 0 Å². The van der Waals surface area contributed by atoms with Crippen LogP contribution in [-0.4, -0.2) is 37.2 Å². The van der Waals surface area contributed by atoms with Crippen LogP contribution in [0.1, 0.15) is 291 Å². The van der Waals surface area contributed by atoms with E-state index in [0.717, 1.165) is 69.6 Å². The summed E-state index contributed by atoms with van der Waals surface area (Å²) >= 11 is 0. The van der Waals surface area contributed by atoms with Gasteiger partial charge in [0.05, 0.1) is 0 Å². The van der Waals surface area contributed by atoms with E-state index in [2.05, 4.69) is 34.6 Å². The van der Waals surface area contributed by atoms with Crippen molar-refractivity contribution in [2.24, 2.45) is 11.8 Å². The molecule has 0 aromatic rings. The summed E-state index contributed by atoms with van der Waals surface area (Å²) < 4.78 is 16.8. The lowest BCUT2D eigenvalue weighted by atomic mass is 10.0. The molecule has 0 spiro atoms. The molecule has 0 aromatic carbocycles. The first kappa shape index (κ1) is 57.4. The van der Waals surface area contributed by atoms with Crippen LogP contribution in [0.3, 0.4) is 0 Å². The van der Waals surface area contributed by atoms with Crippen LogP contribution in [0.4, 0.5) is 0 Å². The Morgan fingerprint density at radius 3 is 0.831 bits per heavy atom. The van der Waals surface area contributed by atoms with Gasteiger partial charge in [-0.15, -0.1) is 0 Å². The lowest BCUT2D eigenvalue weighted by Crippen LogP contribution is -2.30. The number of ether oxygens (including phenoxy) is 3.